The van der Waals surface area contributed by atoms with Crippen LogP contribution in [-0.2, 0) is 5.41 Å². The first-order valence-corrected chi connectivity index (χ1v) is 8.91. The van der Waals surface area contributed by atoms with E-state index in [-0.39, 0.29) is 5.41 Å². The predicted molar refractivity (Wildman–Crippen MR) is 130 cm³/mol. The Morgan fingerprint density at radius 2 is 0.958 bits per heavy atom. The summed E-state index contributed by atoms with van der Waals surface area (Å²) in [5, 5.41) is 2.64. The third-order valence-corrected chi connectivity index (χ3v) is 6.16. The van der Waals surface area contributed by atoms with Crippen LogP contribution in [0.3, 0.4) is 0 Å². The molecule has 0 bridgehead atoms. The van der Waals surface area contributed by atoms with Crippen molar-refractivity contribution in [2.45, 2.75) is 26.2 Å². The molecule has 3 aromatic rings. The Kier molecular flexibility index (Phi) is 3.90. The maximum absolute atomic E-state index is 6.57. The van der Waals surface area contributed by atoms with Gasteiger partial charge in [-0.05, 0) is 11.0 Å². The van der Waals surface area contributed by atoms with Crippen molar-refractivity contribution in [3.05, 3.63) is 5.56 Å². The quantitative estimate of drug-likeness (QED) is 0.376. The fourth-order valence-electron chi connectivity index (χ4n) is 4.24. The van der Waals surface area contributed by atoms with E-state index in [1.807, 2.05) is 0 Å². The molecule has 2 aromatic carbocycles. The van der Waals surface area contributed by atoms with Crippen LogP contribution >= 0.6 is 0 Å². The van der Waals surface area contributed by atoms with Crippen LogP contribution in [0.25, 0.3) is 21.9 Å². The summed E-state index contributed by atoms with van der Waals surface area (Å²) in [7, 11) is 15.6. The topological polar surface area (TPSA) is 13.1 Å². The van der Waals surface area contributed by atoms with Crippen molar-refractivity contribution < 1.29 is 4.42 Å². The lowest BCUT2D eigenvalue weighted by Crippen LogP contribution is -2.48. The normalized spacial score (nSPS) is 12.3. The molecule has 1 heterocycles. The molecule has 114 valence electrons. The number of hydrogen-bond acceptors (Lipinski definition) is 1. The van der Waals surface area contributed by atoms with Gasteiger partial charge in [0.25, 0.3) is 0 Å². The highest BCUT2D eigenvalue weighted by atomic mass is 16.3. The van der Waals surface area contributed by atoms with Crippen LogP contribution < -0.4 is 38.2 Å². The van der Waals surface area contributed by atoms with Gasteiger partial charge in [-0.15, -0.1) is 10.9 Å². The van der Waals surface area contributed by atoms with Gasteiger partial charge in [0.15, 0.2) is 0 Å². The van der Waals surface area contributed by atoms with E-state index >= 15 is 0 Å². The van der Waals surface area contributed by atoms with Gasteiger partial charge in [-0.1, -0.05) is 48.1 Å². The molecule has 0 radical (unpaired) electrons. The van der Waals surface area contributed by atoms with Crippen LogP contribution in [0, 0.1) is 0 Å². The van der Waals surface area contributed by atoms with Crippen LogP contribution in [0.1, 0.15) is 26.3 Å². The highest BCUT2D eigenvalue weighted by molar-refractivity contribution is 6.69. The molecule has 0 unspecified atom stereocenters. The van der Waals surface area contributed by atoms with Crippen molar-refractivity contribution in [3.8, 4) is 0 Å². The second kappa shape index (κ2) is 5.34. The average molecular weight is 307 g/mol. The third-order valence-electron chi connectivity index (χ3n) is 6.16. The molecular weight excluding hydrogens is 284 g/mol. The lowest BCUT2D eigenvalue weighted by Gasteiger charge is -2.25. The van der Waals surface area contributed by atoms with Gasteiger partial charge in [-0.25, -0.2) is 0 Å². The molecular formula is C16H23B7O. The first kappa shape index (κ1) is 17.5. The number of furan rings is 1. The molecule has 0 fully saturated rings. The van der Waals surface area contributed by atoms with E-state index in [1.165, 1.54) is 54.6 Å². The molecule has 8 heteroatoms. The maximum atomic E-state index is 6.57. The Labute approximate surface area is 151 Å². The van der Waals surface area contributed by atoms with E-state index in [4.69, 9.17) is 4.42 Å². The molecule has 1 aromatic heterocycles. The highest BCUT2D eigenvalue weighted by Crippen LogP contribution is 2.31. The first-order chi connectivity index (χ1) is 11.0. The van der Waals surface area contributed by atoms with E-state index in [0.29, 0.717) is 0 Å². The predicted octanol–water partition coefficient (Wildman–Crippen LogP) is -7.31. The zero-order valence-electron chi connectivity index (χ0n) is 16.9. The van der Waals surface area contributed by atoms with Gasteiger partial charge in [-0.3, -0.25) is 0 Å². The van der Waals surface area contributed by atoms with Gasteiger partial charge < -0.3 is 4.42 Å². The second-order valence-electron chi connectivity index (χ2n) is 8.51. The Balaban J connectivity index is 2.73. The Bertz CT molecular complexity index is 1010. The van der Waals surface area contributed by atoms with Crippen LogP contribution in [0.5, 0.6) is 0 Å². The minimum absolute atomic E-state index is 0.0561. The summed E-state index contributed by atoms with van der Waals surface area (Å²) in [4.78, 5) is 0. The monoisotopic (exact) mass is 308 g/mol. The fourth-order valence-corrected chi connectivity index (χ4v) is 4.24. The summed E-state index contributed by atoms with van der Waals surface area (Å²) in [5.41, 5.74) is 13.1. The minimum Gasteiger partial charge on any atom is -0.456 e. The number of hydrogen-bond donors (Lipinski definition) is 0. The summed E-state index contributed by atoms with van der Waals surface area (Å²) in [6.07, 6.45) is 0. The smallest absolute Gasteiger partial charge is 0.143 e. The lowest BCUT2D eigenvalue weighted by molar-refractivity contribution is 0.577. The lowest BCUT2D eigenvalue weighted by atomic mass is 9.63. The molecule has 24 heavy (non-hydrogen) atoms. The van der Waals surface area contributed by atoms with Gasteiger partial charge in [-0.2, -0.15) is 0 Å². The second-order valence-corrected chi connectivity index (χ2v) is 8.51. The molecule has 0 spiro atoms. The molecule has 0 saturated carbocycles. The molecule has 0 aliphatic heterocycles. The van der Waals surface area contributed by atoms with Crippen molar-refractivity contribution in [1.82, 2.24) is 0 Å². The molecule has 0 aliphatic rings. The maximum Gasteiger partial charge on any atom is 0.143 e. The summed E-state index contributed by atoms with van der Waals surface area (Å²) in [5.74, 6) is 0. The van der Waals surface area contributed by atoms with Crippen molar-refractivity contribution in [2.75, 3.05) is 0 Å². The van der Waals surface area contributed by atoms with Crippen molar-refractivity contribution in [2.24, 2.45) is 0 Å². The van der Waals surface area contributed by atoms with E-state index in [9.17, 15) is 0 Å². The van der Waals surface area contributed by atoms with Gasteiger partial charge in [0, 0.05) is 10.8 Å². The van der Waals surface area contributed by atoms with Crippen LogP contribution in [0.15, 0.2) is 4.42 Å². The van der Waals surface area contributed by atoms with Crippen molar-refractivity contribution in [3.63, 3.8) is 0 Å². The third kappa shape index (κ3) is 2.18. The SMILES string of the molecule is Bc1c(B)c(B)c2c(oc3c(C(C)(C)C)c(B)c(B)c(B)c32)c1B. The molecule has 0 aliphatic carbocycles. The average Bonchev–Trinajstić information content (AvgIpc) is 2.87. The molecule has 0 N–H and O–H groups in total. The van der Waals surface area contributed by atoms with Crippen molar-refractivity contribution in [1.29, 1.82) is 0 Å². The van der Waals surface area contributed by atoms with Crippen LogP contribution in [0.2, 0.25) is 0 Å². The Morgan fingerprint density at radius 1 is 0.542 bits per heavy atom. The standard InChI is InChI=1S/C16H23B7O/c1-16(2,3)6-9(19)10(20)7(17)4-5-8(18)11(21)12(22)13(23)15(5)24-14(4)6/h17-23H2,1-3H3. The Hall–Kier alpha value is -1.31. The fraction of sp³-hybridized carbons (Fsp3) is 0.250. The van der Waals surface area contributed by atoms with E-state index in [0.717, 1.165) is 11.2 Å². The van der Waals surface area contributed by atoms with E-state index < -0.39 is 0 Å². The molecule has 1 nitrogen and oxygen atoms in total. The molecule has 0 amide bonds. The highest BCUT2D eigenvalue weighted by Gasteiger charge is 2.27. The number of fused-ring (bicyclic) bond motifs is 3. The summed E-state index contributed by atoms with van der Waals surface area (Å²) < 4.78 is 6.57. The van der Waals surface area contributed by atoms with Crippen LogP contribution in [0.4, 0.5) is 0 Å². The summed E-state index contributed by atoms with van der Waals surface area (Å²) in [6, 6.07) is 0. The van der Waals surface area contributed by atoms with Crippen LogP contribution in [-0.4, -0.2) is 54.9 Å². The van der Waals surface area contributed by atoms with Gasteiger partial charge in [0.05, 0.1) is 0 Å². The zero-order valence-corrected chi connectivity index (χ0v) is 16.9. The molecule has 0 saturated heterocycles. The zero-order chi connectivity index (χ0) is 18.1. The minimum atomic E-state index is 0.0561. The largest absolute Gasteiger partial charge is 0.456 e. The van der Waals surface area contributed by atoms with Gasteiger partial charge in [0.2, 0.25) is 0 Å². The molecule has 3 rings (SSSR count). The van der Waals surface area contributed by atoms with E-state index in [1.54, 1.807) is 0 Å². The number of benzene rings is 2. The van der Waals surface area contributed by atoms with E-state index in [2.05, 4.69) is 75.7 Å². The summed E-state index contributed by atoms with van der Waals surface area (Å²) in [6.45, 7) is 6.85. The van der Waals surface area contributed by atoms with Gasteiger partial charge in [0.1, 0.15) is 66.1 Å². The molecule has 0 atom stereocenters. The summed E-state index contributed by atoms with van der Waals surface area (Å²) >= 11 is 0. The Morgan fingerprint density at radius 3 is 1.46 bits per heavy atom. The number of rotatable bonds is 0. The van der Waals surface area contributed by atoms with Gasteiger partial charge >= 0.3 is 0 Å². The van der Waals surface area contributed by atoms with Crippen molar-refractivity contribution >= 4 is 115 Å². The first-order valence-electron chi connectivity index (χ1n) is 8.91.